The van der Waals surface area contributed by atoms with E-state index in [1.807, 2.05) is 0 Å². The summed E-state index contributed by atoms with van der Waals surface area (Å²) < 4.78 is 6.43. The number of hydrogen-bond acceptors (Lipinski definition) is 2. The van der Waals surface area contributed by atoms with E-state index in [-0.39, 0.29) is 0 Å². The summed E-state index contributed by atoms with van der Waals surface area (Å²) in [6.45, 7) is 3.14. The van der Waals surface area contributed by atoms with E-state index in [1.54, 1.807) is 0 Å². The molecule has 2 heteroatoms. The standard InChI is InChI=1S/C26H27NO/c1-27-15-14-19(17-27)18-28-26-13-12-21-7-3-5-9-24(21)25(26)16-22-11-10-20-6-2-4-8-23(20)22/h2-13,19,22H,14-18H2,1H3. The summed E-state index contributed by atoms with van der Waals surface area (Å²) in [7, 11) is 2.20. The zero-order chi connectivity index (χ0) is 18.9. The summed E-state index contributed by atoms with van der Waals surface area (Å²) in [5, 5.41) is 2.61. The Morgan fingerprint density at radius 1 is 1.00 bits per heavy atom. The van der Waals surface area contributed by atoms with Gasteiger partial charge in [0.25, 0.3) is 0 Å². The molecule has 5 rings (SSSR count). The van der Waals surface area contributed by atoms with Gasteiger partial charge in [-0.1, -0.05) is 66.7 Å². The van der Waals surface area contributed by atoms with Crippen LogP contribution in [0.1, 0.15) is 29.0 Å². The van der Waals surface area contributed by atoms with E-state index < -0.39 is 0 Å². The molecule has 3 aromatic rings. The van der Waals surface area contributed by atoms with E-state index >= 15 is 0 Å². The average molecular weight is 370 g/mol. The molecule has 2 unspecified atom stereocenters. The van der Waals surface area contributed by atoms with Gasteiger partial charge in [0.1, 0.15) is 5.75 Å². The van der Waals surface area contributed by atoms with E-state index in [0.717, 1.165) is 25.3 Å². The van der Waals surface area contributed by atoms with E-state index in [9.17, 15) is 0 Å². The maximum Gasteiger partial charge on any atom is 0.123 e. The Bertz CT molecular complexity index is 1020. The molecule has 1 fully saturated rings. The fraction of sp³-hybridized carbons (Fsp3) is 0.308. The summed E-state index contributed by atoms with van der Waals surface area (Å²) in [6.07, 6.45) is 6.83. The summed E-state index contributed by atoms with van der Waals surface area (Å²) >= 11 is 0. The highest BCUT2D eigenvalue weighted by atomic mass is 16.5. The van der Waals surface area contributed by atoms with Crippen molar-refractivity contribution < 1.29 is 4.74 Å². The zero-order valence-electron chi connectivity index (χ0n) is 16.5. The zero-order valence-corrected chi connectivity index (χ0v) is 16.5. The maximum atomic E-state index is 6.43. The van der Waals surface area contributed by atoms with E-state index in [4.69, 9.17) is 4.74 Å². The van der Waals surface area contributed by atoms with E-state index in [2.05, 4.69) is 84.8 Å². The largest absolute Gasteiger partial charge is 0.493 e. The lowest BCUT2D eigenvalue weighted by atomic mass is 9.90. The molecule has 2 atom stereocenters. The molecule has 2 nitrogen and oxygen atoms in total. The van der Waals surface area contributed by atoms with Crippen LogP contribution in [0, 0.1) is 5.92 Å². The summed E-state index contributed by atoms with van der Waals surface area (Å²) in [5.41, 5.74) is 4.12. The van der Waals surface area contributed by atoms with Gasteiger partial charge in [0, 0.05) is 23.9 Å². The third-order valence-corrected chi connectivity index (χ3v) is 6.29. The van der Waals surface area contributed by atoms with Crippen molar-refractivity contribution in [1.29, 1.82) is 0 Å². The van der Waals surface area contributed by atoms with Gasteiger partial charge in [-0.05, 0) is 54.4 Å². The van der Waals surface area contributed by atoms with Crippen molar-refractivity contribution >= 4 is 16.8 Å². The summed E-state index contributed by atoms with van der Waals surface area (Å²) in [5.74, 6) is 2.12. The van der Waals surface area contributed by atoms with Crippen molar-refractivity contribution in [3.05, 3.63) is 83.4 Å². The smallest absolute Gasteiger partial charge is 0.123 e. The Morgan fingerprint density at radius 2 is 1.86 bits per heavy atom. The lowest BCUT2D eigenvalue weighted by Gasteiger charge is -2.19. The van der Waals surface area contributed by atoms with Gasteiger partial charge in [0.15, 0.2) is 0 Å². The number of fused-ring (bicyclic) bond motifs is 2. The molecule has 0 saturated carbocycles. The van der Waals surface area contributed by atoms with Gasteiger partial charge in [-0.25, -0.2) is 0 Å². The van der Waals surface area contributed by atoms with Crippen LogP contribution >= 0.6 is 0 Å². The molecule has 3 aromatic carbocycles. The number of ether oxygens (including phenoxy) is 1. The van der Waals surface area contributed by atoms with E-state index in [1.165, 1.54) is 40.4 Å². The molecule has 142 valence electrons. The van der Waals surface area contributed by atoms with Crippen molar-refractivity contribution in [1.82, 2.24) is 4.90 Å². The first-order valence-electron chi connectivity index (χ1n) is 10.4. The number of allylic oxidation sites excluding steroid dienone is 1. The minimum absolute atomic E-state index is 0.418. The van der Waals surface area contributed by atoms with Gasteiger partial charge >= 0.3 is 0 Å². The molecule has 0 bridgehead atoms. The molecule has 1 saturated heterocycles. The van der Waals surface area contributed by atoms with Crippen molar-refractivity contribution in [3.63, 3.8) is 0 Å². The molecule has 0 N–H and O–H groups in total. The van der Waals surface area contributed by atoms with Crippen LogP contribution in [0.2, 0.25) is 0 Å². The second-order valence-electron chi connectivity index (χ2n) is 8.29. The topological polar surface area (TPSA) is 12.5 Å². The van der Waals surface area contributed by atoms with Crippen molar-refractivity contribution in [2.24, 2.45) is 5.92 Å². The monoisotopic (exact) mass is 369 g/mol. The minimum atomic E-state index is 0.418. The second kappa shape index (κ2) is 7.44. The van der Waals surface area contributed by atoms with Crippen LogP contribution in [0.3, 0.4) is 0 Å². The van der Waals surface area contributed by atoms with Gasteiger partial charge < -0.3 is 9.64 Å². The molecule has 2 aliphatic rings. The van der Waals surface area contributed by atoms with Crippen molar-refractivity contribution in [2.45, 2.75) is 18.8 Å². The Morgan fingerprint density at radius 3 is 2.75 bits per heavy atom. The first kappa shape index (κ1) is 17.5. The quantitative estimate of drug-likeness (QED) is 0.587. The highest BCUT2D eigenvalue weighted by molar-refractivity contribution is 5.88. The number of hydrogen-bond donors (Lipinski definition) is 0. The van der Waals surface area contributed by atoms with Crippen LogP contribution < -0.4 is 4.74 Å². The highest BCUT2D eigenvalue weighted by Gasteiger charge is 2.23. The lowest BCUT2D eigenvalue weighted by Crippen LogP contribution is -2.18. The molecule has 1 aliphatic heterocycles. The molecule has 1 aliphatic carbocycles. The molecule has 1 heterocycles. The molecule has 28 heavy (non-hydrogen) atoms. The molecular weight excluding hydrogens is 342 g/mol. The third kappa shape index (κ3) is 3.33. The predicted octanol–water partition coefficient (Wildman–Crippen LogP) is 5.52. The number of likely N-dealkylation sites (tertiary alicyclic amines) is 1. The van der Waals surface area contributed by atoms with E-state index in [0.29, 0.717) is 11.8 Å². The van der Waals surface area contributed by atoms with Gasteiger partial charge in [-0.2, -0.15) is 0 Å². The normalized spacial score (nSPS) is 21.3. The molecule has 0 radical (unpaired) electrons. The Labute approximate surface area is 167 Å². The van der Waals surface area contributed by atoms with Crippen LogP contribution in [-0.2, 0) is 6.42 Å². The SMILES string of the molecule is CN1CCC(COc2ccc3ccccc3c2CC2C=Cc3ccccc32)C1. The number of rotatable bonds is 5. The Hall–Kier alpha value is -2.58. The van der Waals surface area contributed by atoms with Crippen molar-refractivity contribution in [3.8, 4) is 5.75 Å². The van der Waals surface area contributed by atoms with Crippen LogP contribution in [0.15, 0.2) is 66.7 Å². The second-order valence-corrected chi connectivity index (χ2v) is 8.29. The summed E-state index contributed by atoms with van der Waals surface area (Å²) in [6, 6.07) is 21.8. The molecule has 0 spiro atoms. The maximum absolute atomic E-state index is 6.43. The molecular formula is C26H27NO. The van der Waals surface area contributed by atoms with Gasteiger partial charge in [0.05, 0.1) is 6.61 Å². The predicted molar refractivity (Wildman–Crippen MR) is 117 cm³/mol. The Kier molecular flexibility index (Phi) is 4.66. The Balaban J connectivity index is 1.46. The van der Waals surface area contributed by atoms with Crippen LogP contribution in [0.4, 0.5) is 0 Å². The highest BCUT2D eigenvalue weighted by Crippen LogP contribution is 2.37. The first-order chi connectivity index (χ1) is 13.8. The van der Waals surface area contributed by atoms with Crippen LogP contribution in [0.5, 0.6) is 5.75 Å². The van der Waals surface area contributed by atoms with Crippen molar-refractivity contribution in [2.75, 3.05) is 26.7 Å². The number of benzene rings is 3. The average Bonchev–Trinajstić information content (AvgIpc) is 3.33. The molecule has 0 amide bonds. The minimum Gasteiger partial charge on any atom is -0.493 e. The van der Waals surface area contributed by atoms with Gasteiger partial charge in [-0.15, -0.1) is 0 Å². The lowest BCUT2D eigenvalue weighted by molar-refractivity contribution is 0.247. The summed E-state index contributed by atoms with van der Waals surface area (Å²) in [4.78, 5) is 2.40. The molecule has 0 aromatic heterocycles. The van der Waals surface area contributed by atoms with Crippen LogP contribution in [0.25, 0.3) is 16.8 Å². The van der Waals surface area contributed by atoms with Crippen LogP contribution in [-0.4, -0.2) is 31.6 Å². The van der Waals surface area contributed by atoms with Gasteiger partial charge in [-0.3, -0.25) is 0 Å². The first-order valence-corrected chi connectivity index (χ1v) is 10.4. The number of nitrogens with zero attached hydrogens (tertiary/aromatic N) is 1. The fourth-order valence-electron chi connectivity index (χ4n) is 4.75. The van der Waals surface area contributed by atoms with Gasteiger partial charge in [0.2, 0.25) is 0 Å². The third-order valence-electron chi connectivity index (χ3n) is 6.29. The fourth-order valence-corrected chi connectivity index (χ4v) is 4.75.